The fraction of sp³-hybridized carbons (Fsp3) is 0.333. The lowest BCUT2D eigenvalue weighted by atomic mass is 10.1. The van der Waals surface area contributed by atoms with Crippen LogP contribution in [0.2, 0.25) is 0 Å². The third kappa shape index (κ3) is 4.26. The van der Waals surface area contributed by atoms with Crippen molar-refractivity contribution in [3.05, 3.63) is 53.5 Å². The first-order valence-corrected chi connectivity index (χ1v) is 10.3. The minimum Gasteiger partial charge on any atom is -0.372 e. The summed E-state index contributed by atoms with van der Waals surface area (Å²) < 4.78 is 6.95. The van der Waals surface area contributed by atoms with E-state index in [4.69, 9.17) is 4.74 Å². The van der Waals surface area contributed by atoms with Crippen LogP contribution in [0.3, 0.4) is 0 Å². The maximum atomic E-state index is 12.5. The van der Waals surface area contributed by atoms with E-state index in [0.717, 1.165) is 39.7 Å². The van der Waals surface area contributed by atoms with Crippen LogP contribution in [0.25, 0.3) is 10.2 Å². The second kappa shape index (κ2) is 8.16. The van der Waals surface area contributed by atoms with Crippen molar-refractivity contribution in [1.29, 1.82) is 0 Å². The number of fused-ring (bicyclic) bond motifs is 1. The molecule has 2 aromatic carbocycles. The molecule has 2 amide bonds. The lowest BCUT2D eigenvalue weighted by Crippen LogP contribution is -2.45. The highest BCUT2D eigenvalue weighted by Gasteiger charge is 2.24. The standard InChI is InChI=1S/C21H24N4O2S/c1-14-12-25(13-15(2)27-14)18-9-5-3-7-16(18)24-21(26)22-11-20-23-17-8-4-6-10-19(17)28-20/h3-10,14-15H,11-13H2,1-2H3,(H2,22,24,26). The second-order valence-corrected chi connectivity index (χ2v) is 8.18. The van der Waals surface area contributed by atoms with Gasteiger partial charge < -0.3 is 20.3 Å². The number of carbonyl (C=O) groups is 1. The van der Waals surface area contributed by atoms with Crippen molar-refractivity contribution in [2.45, 2.75) is 32.6 Å². The highest BCUT2D eigenvalue weighted by atomic mass is 32.1. The molecule has 6 nitrogen and oxygen atoms in total. The Morgan fingerprint density at radius 2 is 1.86 bits per heavy atom. The molecule has 1 fully saturated rings. The van der Waals surface area contributed by atoms with Gasteiger partial charge >= 0.3 is 6.03 Å². The molecule has 0 bridgehead atoms. The average molecular weight is 397 g/mol. The van der Waals surface area contributed by atoms with E-state index < -0.39 is 0 Å². The Morgan fingerprint density at radius 1 is 1.14 bits per heavy atom. The Morgan fingerprint density at radius 3 is 2.64 bits per heavy atom. The average Bonchev–Trinajstić information content (AvgIpc) is 3.09. The lowest BCUT2D eigenvalue weighted by Gasteiger charge is -2.37. The predicted molar refractivity (Wildman–Crippen MR) is 114 cm³/mol. The first kappa shape index (κ1) is 18.7. The van der Waals surface area contributed by atoms with Crippen molar-refractivity contribution in [2.24, 2.45) is 0 Å². The Kier molecular flexibility index (Phi) is 5.45. The number of benzene rings is 2. The molecule has 7 heteroatoms. The first-order chi connectivity index (χ1) is 13.6. The van der Waals surface area contributed by atoms with Gasteiger partial charge in [-0.3, -0.25) is 0 Å². The summed E-state index contributed by atoms with van der Waals surface area (Å²) in [6.45, 7) is 6.15. The fourth-order valence-corrected chi connectivity index (χ4v) is 4.45. The number of hydrogen-bond acceptors (Lipinski definition) is 5. The van der Waals surface area contributed by atoms with Gasteiger partial charge in [-0.05, 0) is 38.1 Å². The summed E-state index contributed by atoms with van der Waals surface area (Å²) in [5.41, 5.74) is 2.77. The van der Waals surface area contributed by atoms with E-state index in [2.05, 4.69) is 34.4 Å². The van der Waals surface area contributed by atoms with Crippen molar-refractivity contribution in [3.63, 3.8) is 0 Å². The van der Waals surface area contributed by atoms with Crippen LogP contribution in [0.15, 0.2) is 48.5 Å². The van der Waals surface area contributed by atoms with Gasteiger partial charge in [0.25, 0.3) is 0 Å². The van der Waals surface area contributed by atoms with Crippen LogP contribution in [-0.4, -0.2) is 36.3 Å². The van der Waals surface area contributed by atoms with Crippen LogP contribution >= 0.6 is 11.3 Å². The summed E-state index contributed by atoms with van der Waals surface area (Å²) >= 11 is 1.60. The van der Waals surface area contributed by atoms with Crippen LogP contribution < -0.4 is 15.5 Å². The van der Waals surface area contributed by atoms with E-state index in [1.165, 1.54) is 0 Å². The number of aromatic nitrogens is 1. The maximum Gasteiger partial charge on any atom is 0.319 e. The molecule has 1 saturated heterocycles. The van der Waals surface area contributed by atoms with Gasteiger partial charge in [-0.2, -0.15) is 0 Å². The Balaban J connectivity index is 1.41. The molecule has 1 aromatic heterocycles. The monoisotopic (exact) mass is 396 g/mol. The SMILES string of the molecule is CC1CN(c2ccccc2NC(=O)NCc2nc3ccccc3s2)CC(C)O1. The number of hydrogen-bond donors (Lipinski definition) is 2. The summed E-state index contributed by atoms with van der Waals surface area (Å²) in [5, 5.41) is 6.79. The molecule has 3 aromatic rings. The number of anilines is 2. The van der Waals surface area contributed by atoms with Crippen molar-refractivity contribution in [3.8, 4) is 0 Å². The molecular formula is C21H24N4O2S. The predicted octanol–water partition coefficient (Wildman–Crippen LogP) is 4.23. The number of rotatable bonds is 4. The molecule has 2 N–H and O–H groups in total. The van der Waals surface area contributed by atoms with Crippen LogP contribution in [0.1, 0.15) is 18.9 Å². The highest BCUT2D eigenvalue weighted by molar-refractivity contribution is 7.18. The third-order valence-corrected chi connectivity index (χ3v) is 5.69. The normalized spacial score (nSPS) is 19.6. The number of thiazole rings is 1. The zero-order chi connectivity index (χ0) is 19.5. The van der Waals surface area contributed by atoms with Crippen molar-refractivity contribution >= 4 is 39.0 Å². The fourth-order valence-electron chi connectivity index (χ4n) is 3.55. The molecule has 1 aliphatic rings. The van der Waals surface area contributed by atoms with Crippen LogP contribution in [0.5, 0.6) is 0 Å². The number of ether oxygens (including phenoxy) is 1. The topological polar surface area (TPSA) is 66.5 Å². The summed E-state index contributed by atoms with van der Waals surface area (Å²) in [4.78, 5) is 19.3. The number of nitrogens with one attached hydrogen (secondary N) is 2. The summed E-state index contributed by atoms with van der Waals surface area (Å²) in [6, 6.07) is 15.6. The van der Waals surface area contributed by atoms with Crippen LogP contribution in [0.4, 0.5) is 16.2 Å². The lowest BCUT2D eigenvalue weighted by molar-refractivity contribution is -0.00517. The smallest absolute Gasteiger partial charge is 0.319 e. The molecule has 0 radical (unpaired) electrons. The molecule has 146 valence electrons. The van der Waals surface area contributed by atoms with Gasteiger partial charge in [0.05, 0.1) is 40.3 Å². The minimum atomic E-state index is -0.235. The number of para-hydroxylation sites is 3. The molecule has 28 heavy (non-hydrogen) atoms. The van der Waals surface area contributed by atoms with E-state index in [-0.39, 0.29) is 18.2 Å². The molecule has 1 aliphatic heterocycles. The van der Waals surface area contributed by atoms with Crippen LogP contribution in [-0.2, 0) is 11.3 Å². The Labute approximate surface area is 168 Å². The first-order valence-electron chi connectivity index (χ1n) is 9.47. The van der Waals surface area contributed by atoms with Gasteiger partial charge in [0.15, 0.2) is 0 Å². The molecule has 2 unspecified atom stereocenters. The number of amides is 2. The van der Waals surface area contributed by atoms with Gasteiger partial charge in [-0.25, -0.2) is 9.78 Å². The summed E-state index contributed by atoms with van der Waals surface area (Å²) in [6.07, 6.45) is 0.314. The maximum absolute atomic E-state index is 12.5. The van der Waals surface area contributed by atoms with E-state index in [0.29, 0.717) is 6.54 Å². The van der Waals surface area contributed by atoms with Crippen molar-refractivity contribution in [2.75, 3.05) is 23.3 Å². The van der Waals surface area contributed by atoms with Gasteiger partial charge in [0, 0.05) is 13.1 Å². The number of urea groups is 1. The molecule has 0 spiro atoms. The Bertz CT molecular complexity index is 931. The van der Waals surface area contributed by atoms with E-state index in [9.17, 15) is 4.79 Å². The third-order valence-electron chi connectivity index (χ3n) is 4.65. The number of carbonyl (C=O) groups excluding carboxylic acids is 1. The van der Waals surface area contributed by atoms with Gasteiger partial charge in [0.1, 0.15) is 5.01 Å². The van der Waals surface area contributed by atoms with E-state index >= 15 is 0 Å². The Hall–Kier alpha value is -2.64. The molecular weight excluding hydrogens is 372 g/mol. The number of morpholine rings is 1. The molecule has 2 heterocycles. The summed E-state index contributed by atoms with van der Waals surface area (Å²) in [5.74, 6) is 0. The van der Waals surface area contributed by atoms with Gasteiger partial charge in [-0.1, -0.05) is 24.3 Å². The zero-order valence-electron chi connectivity index (χ0n) is 16.0. The van der Waals surface area contributed by atoms with Gasteiger partial charge in [0.2, 0.25) is 0 Å². The number of nitrogens with zero attached hydrogens (tertiary/aromatic N) is 2. The molecule has 4 rings (SSSR count). The summed E-state index contributed by atoms with van der Waals surface area (Å²) in [7, 11) is 0. The van der Waals surface area contributed by atoms with E-state index in [1.54, 1.807) is 11.3 Å². The highest BCUT2D eigenvalue weighted by Crippen LogP contribution is 2.28. The molecule has 0 saturated carbocycles. The minimum absolute atomic E-state index is 0.157. The zero-order valence-corrected chi connectivity index (χ0v) is 16.8. The van der Waals surface area contributed by atoms with Crippen molar-refractivity contribution < 1.29 is 9.53 Å². The van der Waals surface area contributed by atoms with Crippen LogP contribution in [0, 0.1) is 0 Å². The van der Waals surface area contributed by atoms with E-state index in [1.807, 2.05) is 48.5 Å². The quantitative estimate of drug-likeness (QED) is 0.693. The van der Waals surface area contributed by atoms with Gasteiger partial charge in [-0.15, -0.1) is 11.3 Å². The largest absolute Gasteiger partial charge is 0.372 e. The van der Waals surface area contributed by atoms with Crippen molar-refractivity contribution in [1.82, 2.24) is 10.3 Å². The molecule has 2 atom stereocenters. The molecule has 0 aliphatic carbocycles. The second-order valence-electron chi connectivity index (χ2n) is 7.06.